The van der Waals surface area contributed by atoms with Crippen LogP contribution in [0.15, 0.2) is 132 Å². The molecule has 2 nitrogen and oxygen atoms in total. The molecule has 0 N–H and O–H groups in total. The molecule has 3 aromatic heterocycles. The van der Waals surface area contributed by atoms with E-state index in [4.69, 9.17) is 4.42 Å². The lowest BCUT2D eigenvalue weighted by atomic mass is 9.98. The van der Waals surface area contributed by atoms with Gasteiger partial charge in [-0.25, -0.2) is 0 Å². The van der Waals surface area contributed by atoms with Crippen molar-refractivity contribution in [2.75, 3.05) is 0 Å². The van der Waals surface area contributed by atoms with E-state index < -0.39 is 0 Å². The first-order valence-corrected chi connectivity index (χ1v) is 14.0. The molecular weight excluding hydrogens is 494 g/mol. The number of benzene rings is 6. The molecule has 0 bridgehead atoms. The van der Waals surface area contributed by atoms with E-state index in [0.29, 0.717) is 0 Å². The largest absolute Gasteiger partial charge is 0.456 e. The molecule has 9 rings (SSSR count). The number of furan rings is 1. The molecule has 6 aromatic carbocycles. The van der Waals surface area contributed by atoms with Crippen LogP contribution in [0.25, 0.3) is 80.7 Å². The lowest BCUT2D eigenvalue weighted by Gasteiger charge is -2.10. The number of rotatable bonds is 2. The summed E-state index contributed by atoms with van der Waals surface area (Å²) >= 11 is 1.87. The number of hydrogen-bond acceptors (Lipinski definition) is 2. The summed E-state index contributed by atoms with van der Waals surface area (Å²) in [7, 11) is 0. The third kappa shape index (κ3) is 2.91. The van der Waals surface area contributed by atoms with Crippen LogP contribution in [-0.2, 0) is 0 Å². The molecule has 182 valence electrons. The van der Waals surface area contributed by atoms with Crippen molar-refractivity contribution in [3.63, 3.8) is 0 Å². The highest BCUT2D eigenvalue weighted by atomic mass is 32.1. The minimum atomic E-state index is 0.929. The maximum Gasteiger partial charge on any atom is 0.136 e. The molecule has 3 heterocycles. The van der Waals surface area contributed by atoms with Gasteiger partial charge in [0.15, 0.2) is 0 Å². The van der Waals surface area contributed by atoms with Gasteiger partial charge in [0.25, 0.3) is 0 Å². The fourth-order valence-corrected chi connectivity index (χ4v) is 7.52. The van der Waals surface area contributed by atoms with Crippen LogP contribution in [0, 0.1) is 0 Å². The minimum Gasteiger partial charge on any atom is -0.456 e. The fourth-order valence-electron chi connectivity index (χ4n) is 6.36. The zero-order chi connectivity index (χ0) is 25.5. The van der Waals surface area contributed by atoms with Crippen molar-refractivity contribution in [1.29, 1.82) is 0 Å². The fraction of sp³-hybridized carbons (Fsp3) is 0. The van der Waals surface area contributed by atoms with Crippen molar-refractivity contribution >= 4 is 75.3 Å². The lowest BCUT2D eigenvalue weighted by molar-refractivity contribution is 0.669. The van der Waals surface area contributed by atoms with Crippen molar-refractivity contribution in [3.05, 3.63) is 127 Å². The van der Waals surface area contributed by atoms with Gasteiger partial charge in [-0.15, -0.1) is 11.3 Å². The van der Waals surface area contributed by atoms with Crippen LogP contribution >= 0.6 is 11.3 Å². The first-order chi connectivity index (χ1) is 19.3. The van der Waals surface area contributed by atoms with Crippen LogP contribution in [0.3, 0.4) is 0 Å². The Morgan fingerprint density at radius 3 is 2.00 bits per heavy atom. The van der Waals surface area contributed by atoms with E-state index in [0.717, 1.165) is 16.6 Å². The highest BCUT2D eigenvalue weighted by Crippen LogP contribution is 2.43. The van der Waals surface area contributed by atoms with Crippen molar-refractivity contribution in [2.24, 2.45) is 0 Å². The molecule has 0 spiro atoms. The molecule has 0 aliphatic carbocycles. The van der Waals surface area contributed by atoms with Crippen LogP contribution in [0.5, 0.6) is 0 Å². The van der Waals surface area contributed by atoms with Crippen molar-refractivity contribution in [1.82, 2.24) is 4.57 Å². The SMILES string of the molecule is c1ccc2c(c1)oc1cccc(-c3ccc4c(c3)sc3cccc(-n5c6ccccc6c6ccccc65)c34)c12. The van der Waals surface area contributed by atoms with Crippen LogP contribution in [0.4, 0.5) is 0 Å². The second-order valence-electron chi connectivity index (χ2n) is 10.1. The normalized spacial score (nSPS) is 12.1. The quantitative estimate of drug-likeness (QED) is 0.224. The number of para-hydroxylation sites is 3. The molecule has 0 amide bonds. The van der Waals surface area contributed by atoms with Gasteiger partial charge in [-0.3, -0.25) is 0 Å². The van der Waals surface area contributed by atoms with E-state index in [-0.39, 0.29) is 0 Å². The first-order valence-electron chi connectivity index (χ1n) is 13.2. The Kier molecular flexibility index (Phi) is 4.24. The van der Waals surface area contributed by atoms with Gasteiger partial charge in [-0.05, 0) is 53.6 Å². The molecule has 0 atom stereocenters. The van der Waals surface area contributed by atoms with Gasteiger partial charge >= 0.3 is 0 Å². The van der Waals surface area contributed by atoms with Crippen molar-refractivity contribution in [3.8, 4) is 16.8 Å². The molecule has 9 aromatic rings. The van der Waals surface area contributed by atoms with Gasteiger partial charge in [-0.1, -0.05) is 84.9 Å². The number of fused-ring (bicyclic) bond motifs is 9. The predicted octanol–water partition coefficient (Wildman–Crippen LogP) is 10.7. The smallest absolute Gasteiger partial charge is 0.136 e. The molecule has 39 heavy (non-hydrogen) atoms. The maximum atomic E-state index is 6.18. The Bertz CT molecular complexity index is 2350. The maximum absolute atomic E-state index is 6.18. The molecule has 0 saturated carbocycles. The highest BCUT2D eigenvalue weighted by molar-refractivity contribution is 7.26. The zero-order valence-electron chi connectivity index (χ0n) is 20.9. The van der Waals surface area contributed by atoms with E-state index in [9.17, 15) is 0 Å². The van der Waals surface area contributed by atoms with E-state index in [1.54, 1.807) is 0 Å². The summed E-state index contributed by atoms with van der Waals surface area (Å²) in [6.07, 6.45) is 0. The van der Waals surface area contributed by atoms with Crippen LogP contribution in [0.1, 0.15) is 0 Å². The van der Waals surface area contributed by atoms with Crippen LogP contribution in [-0.4, -0.2) is 4.57 Å². The third-order valence-electron chi connectivity index (χ3n) is 8.01. The monoisotopic (exact) mass is 515 g/mol. The Labute approximate surface area is 227 Å². The Morgan fingerprint density at radius 1 is 0.487 bits per heavy atom. The molecular formula is C36H21NOS. The molecule has 0 aliphatic heterocycles. The highest BCUT2D eigenvalue weighted by Gasteiger charge is 2.18. The zero-order valence-corrected chi connectivity index (χ0v) is 21.7. The van der Waals surface area contributed by atoms with Crippen LogP contribution in [0.2, 0.25) is 0 Å². The number of hydrogen-bond donors (Lipinski definition) is 0. The predicted molar refractivity (Wildman–Crippen MR) is 166 cm³/mol. The topological polar surface area (TPSA) is 18.1 Å². The molecule has 0 saturated heterocycles. The summed E-state index contributed by atoms with van der Waals surface area (Å²) in [6, 6.07) is 45.8. The Hall–Kier alpha value is -4.86. The summed E-state index contributed by atoms with van der Waals surface area (Å²) in [6.45, 7) is 0. The lowest BCUT2D eigenvalue weighted by Crippen LogP contribution is -1.94. The molecule has 0 unspecified atom stereocenters. The van der Waals surface area contributed by atoms with Gasteiger partial charge in [0.1, 0.15) is 11.2 Å². The standard InChI is InChI=1S/C36H21NOS/c1-4-13-28-24(9-1)25-10-2-5-14-29(25)37(28)30-15-8-18-33-36(30)27-20-19-22(21-34(27)39-33)23-12-7-17-32-35(23)26-11-3-6-16-31(26)38-32/h1-21H. The van der Waals surface area contributed by atoms with Crippen molar-refractivity contribution < 1.29 is 4.42 Å². The Morgan fingerprint density at radius 2 is 1.18 bits per heavy atom. The second kappa shape index (κ2) is 7.83. The van der Waals surface area contributed by atoms with E-state index in [2.05, 4.69) is 120 Å². The third-order valence-corrected chi connectivity index (χ3v) is 9.13. The molecule has 0 fully saturated rings. The van der Waals surface area contributed by atoms with Gasteiger partial charge in [0.2, 0.25) is 0 Å². The molecule has 3 heteroatoms. The number of nitrogens with zero attached hydrogens (tertiary/aromatic N) is 1. The summed E-state index contributed by atoms with van der Waals surface area (Å²) in [5.41, 5.74) is 7.98. The summed E-state index contributed by atoms with van der Waals surface area (Å²) < 4.78 is 11.2. The average molecular weight is 516 g/mol. The summed E-state index contributed by atoms with van der Waals surface area (Å²) in [4.78, 5) is 0. The van der Waals surface area contributed by atoms with E-state index in [1.165, 1.54) is 64.2 Å². The summed E-state index contributed by atoms with van der Waals surface area (Å²) in [5, 5.41) is 7.51. The van der Waals surface area contributed by atoms with Crippen LogP contribution < -0.4 is 0 Å². The minimum absolute atomic E-state index is 0.929. The second-order valence-corrected chi connectivity index (χ2v) is 11.2. The van der Waals surface area contributed by atoms with Gasteiger partial charge in [-0.2, -0.15) is 0 Å². The Balaban J connectivity index is 1.32. The summed E-state index contributed by atoms with van der Waals surface area (Å²) in [5.74, 6) is 0. The number of aromatic nitrogens is 1. The number of thiophene rings is 1. The van der Waals surface area contributed by atoms with Gasteiger partial charge in [0, 0.05) is 41.7 Å². The first kappa shape index (κ1) is 21.1. The average Bonchev–Trinajstić information content (AvgIpc) is 3.66. The van der Waals surface area contributed by atoms with Gasteiger partial charge in [0.05, 0.1) is 16.7 Å². The van der Waals surface area contributed by atoms with Gasteiger partial charge < -0.3 is 8.98 Å². The van der Waals surface area contributed by atoms with E-state index >= 15 is 0 Å². The van der Waals surface area contributed by atoms with Crippen molar-refractivity contribution in [2.45, 2.75) is 0 Å². The molecule has 0 aliphatic rings. The van der Waals surface area contributed by atoms with E-state index in [1.807, 2.05) is 23.5 Å². The molecule has 0 radical (unpaired) electrons.